The molecule has 0 spiro atoms. The van der Waals surface area contributed by atoms with Crippen LogP contribution in [0.3, 0.4) is 0 Å². The van der Waals surface area contributed by atoms with Crippen molar-refractivity contribution >= 4 is 39.1 Å². The Hall–Kier alpha value is -3.72. The number of benzene rings is 2. The van der Waals surface area contributed by atoms with Crippen LogP contribution in [0.5, 0.6) is 5.75 Å². The van der Waals surface area contributed by atoms with E-state index < -0.39 is 0 Å². The molecule has 0 saturated carbocycles. The summed E-state index contributed by atoms with van der Waals surface area (Å²) in [7, 11) is 1.59. The van der Waals surface area contributed by atoms with Gasteiger partial charge in [-0.3, -0.25) is 9.59 Å². The van der Waals surface area contributed by atoms with Gasteiger partial charge in [-0.2, -0.15) is 0 Å². The number of anilines is 2. The zero-order valence-corrected chi connectivity index (χ0v) is 19.3. The summed E-state index contributed by atoms with van der Waals surface area (Å²) in [4.78, 5) is 33.0. The van der Waals surface area contributed by atoms with E-state index >= 15 is 0 Å². The number of amides is 1. The number of hydrogen-bond donors (Lipinski definition) is 1. The maximum Gasteiger partial charge on any atom is 0.277 e. The van der Waals surface area contributed by atoms with Crippen molar-refractivity contribution in [3.8, 4) is 11.4 Å². The zero-order chi connectivity index (χ0) is 23.7. The number of methoxy groups -OCH3 is 1. The average molecular weight is 479 g/mol. The number of nitrogens with zero attached hydrogens (tertiary/aromatic N) is 3. The summed E-state index contributed by atoms with van der Waals surface area (Å²) >= 11 is 1.37. The van der Waals surface area contributed by atoms with Crippen molar-refractivity contribution < 1.29 is 13.9 Å². The standard InChI is InChI=1S/C25H23FN4O3S/c1-33-20-4-2-3-19(15-20)30-24(32)22-21(11-14-34-22)28-25(30)29-12-9-16(10-13-29)23(31)27-18-7-5-17(26)6-8-18/h2-8,11,14-16H,9-10,12-13H2,1H3,(H,27,31). The SMILES string of the molecule is COc1cccc(-n2c(N3CCC(C(=O)Nc4ccc(F)cc4)CC3)nc3ccsc3c2=O)c1. The van der Waals surface area contributed by atoms with E-state index in [1.54, 1.807) is 23.8 Å². The fraction of sp³-hybridized carbons (Fsp3) is 0.240. The first-order valence-electron chi connectivity index (χ1n) is 11.0. The Bertz CT molecular complexity index is 1390. The molecule has 1 saturated heterocycles. The fourth-order valence-corrected chi connectivity index (χ4v) is 4.97. The molecule has 1 fully saturated rings. The number of piperidine rings is 1. The van der Waals surface area contributed by atoms with Gasteiger partial charge in [0.05, 0.1) is 18.3 Å². The molecule has 0 atom stereocenters. The minimum absolute atomic E-state index is 0.0855. The van der Waals surface area contributed by atoms with Gasteiger partial charge in [0.2, 0.25) is 11.9 Å². The highest BCUT2D eigenvalue weighted by molar-refractivity contribution is 7.17. The topological polar surface area (TPSA) is 76.5 Å². The van der Waals surface area contributed by atoms with Crippen LogP contribution in [0.4, 0.5) is 16.0 Å². The second kappa shape index (κ2) is 9.26. The first-order chi connectivity index (χ1) is 16.5. The number of halogens is 1. The molecule has 0 aliphatic carbocycles. The highest BCUT2D eigenvalue weighted by atomic mass is 32.1. The summed E-state index contributed by atoms with van der Waals surface area (Å²) in [6.07, 6.45) is 1.23. The second-order valence-corrected chi connectivity index (χ2v) is 9.06. The van der Waals surface area contributed by atoms with E-state index in [1.165, 1.54) is 23.5 Å². The number of aromatic nitrogens is 2. The minimum atomic E-state index is -0.344. The Kier molecular flexibility index (Phi) is 6.02. The van der Waals surface area contributed by atoms with Gasteiger partial charge in [0.1, 0.15) is 16.3 Å². The summed E-state index contributed by atoms with van der Waals surface area (Å²) in [5.74, 6) is 0.601. The van der Waals surface area contributed by atoms with Crippen LogP contribution in [-0.4, -0.2) is 35.7 Å². The molecule has 0 radical (unpaired) electrons. The highest BCUT2D eigenvalue weighted by Crippen LogP contribution is 2.28. The Morgan fingerprint density at radius 1 is 1.15 bits per heavy atom. The number of ether oxygens (including phenoxy) is 1. The molecule has 1 aliphatic heterocycles. The van der Waals surface area contributed by atoms with Crippen molar-refractivity contribution in [2.24, 2.45) is 5.92 Å². The predicted octanol–water partition coefficient (Wildman–Crippen LogP) is 4.45. The fourth-order valence-electron chi connectivity index (χ4n) is 4.21. The van der Waals surface area contributed by atoms with Gasteiger partial charge >= 0.3 is 0 Å². The van der Waals surface area contributed by atoms with Crippen molar-refractivity contribution in [2.45, 2.75) is 12.8 Å². The quantitative estimate of drug-likeness (QED) is 0.459. The third-order valence-electron chi connectivity index (χ3n) is 6.03. The zero-order valence-electron chi connectivity index (χ0n) is 18.5. The van der Waals surface area contributed by atoms with Crippen LogP contribution < -0.4 is 20.5 Å². The van der Waals surface area contributed by atoms with Crippen LogP contribution in [0.25, 0.3) is 15.9 Å². The van der Waals surface area contributed by atoms with Gasteiger partial charge in [-0.25, -0.2) is 13.9 Å². The molecule has 174 valence electrons. The lowest BCUT2D eigenvalue weighted by molar-refractivity contribution is -0.120. The highest BCUT2D eigenvalue weighted by Gasteiger charge is 2.28. The molecule has 0 bridgehead atoms. The number of hydrogen-bond acceptors (Lipinski definition) is 6. The number of fused-ring (bicyclic) bond motifs is 1. The van der Waals surface area contributed by atoms with E-state index in [4.69, 9.17) is 9.72 Å². The average Bonchev–Trinajstić information content (AvgIpc) is 3.35. The van der Waals surface area contributed by atoms with Crippen LogP contribution in [0.2, 0.25) is 0 Å². The van der Waals surface area contributed by atoms with Crippen LogP contribution in [0.1, 0.15) is 12.8 Å². The molecule has 34 heavy (non-hydrogen) atoms. The Labute approximate surface area is 199 Å². The van der Waals surface area contributed by atoms with Gasteiger partial charge < -0.3 is 15.0 Å². The van der Waals surface area contributed by atoms with Gasteiger partial charge in [-0.15, -0.1) is 11.3 Å². The number of nitrogens with one attached hydrogen (secondary N) is 1. The monoisotopic (exact) mass is 478 g/mol. The van der Waals surface area contributed by atoms with E-state index in [1.807, 2.05) is 35.7 Å². The molecule has 1 amide bonds. The Balaban J connectivity index is 1.41. The van der Waals surface area contributed by atoms with E-state index in [9.17, 15) is 14.0 Å². The Morgan fingerprint density at radius 3 is 2.65 bits per heavy atom. The first-order valence-corrected chi connectivity index (χ1v) is 11.9. The van der Waals surface area contributed by atoms with E-state index in [-0.39, 0.29) is 23.2 Å². The smallest absolute Gasteiger partial charge is 0.277 e. The van der Waals surface area contributed by atoms with Crippen molar-refractivity contribution in [3.63, 3.8) is 0 Å². The molecule has 3 heterocycles. The molecular weight excluding hydrogens is 455 g/mol. The molecule has 7 nitrogen and oxygen atoms in total. The van der Waals surface area contributed by atoms with Gasteiger partial charge in [0.15, 0.2) is 0 Å². The first kappa shape index (κ1) is 22.1. The molecule has 1 aliphatic rings. The van der Waals surface area contributed by atoms with Crippen LogP contribution in [0, 0.1) is 11.7 Å². The van der Waals surface area contributed by atoms with Crippen molar-refractivity contribution in [1.29, 1.82) is 0 Å². The van der Waals surface area contributed by atoms with Crippen LogP contribution in [0.15, 0.2) is 64.8 Å². The molecule has 9 heteroatoms. The molecular formula is C25H23FN4O3S. The lowest BCUT2D eigenvalue weighted by atomic mass is 9.96. The molecule has 1 N–H and O–H groups in total. The predicted molar refractivity (Wildman–Crippen MR) is 132 cm³/mol. The normalized spacial score (nSPS) is 14.4. The van der Waals surface area contributed by atoms with Gasteiger partial charge in [0.25, 0.3) is 5.56 Å². The van der Waals surface area contributed by atoms with Gasteiger partial charge in [0, 0.05) is 30.8 Å². The summed E-state index contributed by atoms with van der Waals surface area (Å²) in [6.45, 7) is 1.15. The summed E-state index contributed by atoms with van der Waals surface area (Å²) in [5.41, 5.74) is 1.79. The maximum atomic E-state index is 13.4. The molecule has 5 rings (SSSR count). The number of carbonyl (C=O) groups is 1. The lowest BCUT2D eigenvalue weighted by Gasteiger charge is -2.33. The number of thiophene rings is 1. The summed E-state index contributed by atoms with van der Waals surface area (Å²) < 4.78 is 20.7. The van der Waals surface area contributed by atoms with Crippen LogP contribution in [-0.2, 0) is 4.79 Å². The van der Waals surface area contributed by atoms with Gasteiger partial charge in [-0.1, -0.05) is 6.07 Å². The van der Waals surface area contributed by atoms with Crippen molar-refractivity contribution in [3.05, 3.63) is 76.1 Å². The van der Waals surface area contributed by atoms with E-state index in [0.717, 1.165) is 0 Å². The Morgan fingerprint density at radius 2 is 1.91 bits per heavy atom. The third-order valence-corrected chi connectivity index (χ3v) is 6.93. The molecule has 4 aromatic rings. The number of rotatable bonds is 5. The van der Waals surface area contributed by atoms with Gasteiger partial charge in [-0.05, 0) is 60.7 Å². The summed E-state index contributed by atoms with van der Waals surface area (Å²) in [5, 5.41) is 4.73. The lowest BCUT2D eigenvalue weighted by Crippen LogP contribution is -2.41. The van der Waals surface area contributed by atoms with Crippen molar-refractivity contribution in [2.75, 3.05) is 30.4 Å². The maximum absolute atomic E-state index is 13.4. The summed E-state index contributed by atoms with van der Waals surface area (Å²) in [6, 6.07) is 14.9. The number of carbonyl (C=O) groups excluding carboxylic acids is 1. The van der Waals surface area contributed by atoms with Crippen molar-refractivity contribution in [1.82, 2.24) is 9.55 Å². The van der Waals surface area contributed by atoms with E-state index in [0.29, 0.717) is 59.2 Å². The van der Waals surface area contributed by atoms with Crippen LogP contribution >= 0.6 is 11.3 Å². The third kappa shape index (κ3) is 4.26. The minimum Gasteiger partial charge on any atom is -0.497 e. The molecule has 2 aromatic heterocycles. The second-order valence-electron chi connectivity index (χ2n) is 8.15. The largest absolute Gasteiger partial charge is 0.497 e. The molecule has 0 unspecified atom stereocenters. The van der Waals surface area contributed by atoms with E-state index in [2.05, 4.69) is 10.2 Å². The molecule has 2 aromatic carbocycles.